The first-order chi connectivity index (χ1) is 12.6. The summed E-state index contributed by atoms with van der Waals surface area (Å²) in [6, 6.07) is 7.34. The van der Waals surface area contributed by atoms with Gasteiger partial charge in [0.25, 0.3) is 5.91 Å². The van der Waals surface area contributed by atoms with Crippen LogP contribution < -0.4 is 10.9 Å². The lowest BCUT2D eigenvalue weighted by molar-refractivity contribution is 0.0932. The molecule has 1 aliphatic carbocycles. The third kappa shape index (κ3) is 3.40. The molecule has 1 saturated heterocycles. The zero-order chi connectivity index (χ0) is 18.1. The number of rotatable bonds is 5. The van der Waals surface area contributed by atoms with E-state index in [1.165, 1.54) is 32.4 Å². The summed E-state index contributed by atoms with van der Waals surface area (Å²) >= 11 is 0. The molecule has 1 aliphatic heterocycles. The number of piperidine rings is 1. The SMILES string of the molecule is Cc1c(C(=O)NCC2(CN3CCCCC3)CC2)c(=O)oc2ccccc12. The molecule has 1 saturated carbocycles. The first-order valence-corrected chi connectivity index (χ1v) is 9.61. The zero-order valence-electron chi connectivity index (χ0n) is 15.3. The second-order valence-electron chi connectivity index (χ2n) is 7.91. The molecule has 5 nitrogen and oxygen atoms in total. The summed E-state index contributed by atoms with van der Waals surface area (Å²) in [6.45, 7) is 5.84. The minimum absolute atomic E-state index is 0.137. The molecule has 0 spiro atoms. The number of aryl methyl sites for hydroxylation is 1. The van der Waals surface area contributed by atoms with Crippen LogP contribution in [0.3, 0.4) is 0 Å². The lowest BCUT2D eigenvalue weighted by Crippen LogP contribution is -2.41. The van der Waals surface area contributed by atoms with Gasteiger partial charge in [0, 0.05) is 23.9 Å². The second kappa shape index (κ2) is 6.88. The molecule has 5 heteroatoms. The van der Waals surface area contributed by atoms with E-state index in [0.717, 1.165) is 24.8 Å². The van der Waals surface area contributed by atoms with Crippen LogP contribution >= 0.6 is 0 Å². The Morgan fingerprint density at radius 2 is 1.92 bits per heavy atom. The number of benzene rings is 1. The maximum atomic E-state index is 12.7. The van der Waals surface area contributed by atoms with Crippen LogP contribution in [0.4, 0.5) is 0 Å². The largest absolute Gasteiger partial charge is 0.422 e. The number of carbonyl (C=O) groups is 1. The molecular weight excluding hydrogens is 328 g/mol. The summed E-state index contributed by atoms with van der Waals surface area (Å²) < 4.78 is 5.34. The van der Waals surface area contributed by atoms with E-state index < -0.39 is 5.63 Å². The molecule has 26 heavy (non-hydrogen) atoms. The molecule has 2 aliphatic rings. The van der Waals surface area contributed by atoms with Crippen LogP contribution in [0, 0.1) is 12.3 Å². The number of para-hydroxylation sites is 1. The Labute approximate surface area is 153 Å². The van der Waals surface area contributed by atoms with Crippen molar-refractivity contribution in [1.29, 1.82) is 0 Å². The molecule has 2 fully saturated rings. The predicted molar refractivity (Wildman–Crippen MR) is 102 cm³/mol. The van der Waals surface area contributed by atoms with Gasteiger partial charge in [-0.25, -0.2) is 4.79 Å². The van der Waals surface area contributed by atoms with Gasteiger partial charge in [0.15, 0.2) is 0 Å². The molecule has 1 N–H and O–H groups in total. The standard InChI is InChI=1S/C21H26N2O3/c1-15-16-7-3-4-8-17(16)26-20(25)18(15)19(24)22-13-21(9-10-21)14-23-11-5-2-6-12-23/h3-4,7-8H,2,5-6,9-14H2,1H3,(H,22,24). The minimum atomic E-state index is -0.556. The van der Waals surface area contributed by atoms with Crippen molar-refractivity contribution in [3.63, 3.8) is 0 Å². The van der Waals surface area contributed by atoms with Crippen LogP contribution in [0.25, 0.3) is 11.0 Å². The van der Waals surface area contributed by atoms with Gasteiger partial charge in [0.2, 0.25) is 0 Å². The summed E-state index contributed by atoms with van der Waals surface area (Å²) in [7, 11) is 0. The van der Waals surface area contributed by atoms with E-state index in [-0.39, 0.29) is 16.9 Å². The van der Waals surface area contributed by atoms with Crippen molar-refractivity contribution in [2.24, 2.45) is 5.41 Å². The van der Waals surface area contributed by atoms with Gasteiger partial charge in [0.1, 0.15) is 11.1 Å². The van der Waals surface area contributed by atoms with E-state index >= 15 is 0 Å². The number of hydrogen-bond acceptors (Lipinski definition) is 4. The van der Waals surface area contributed by atoms with Crippen molar-refractivity contribution in [3.8, 4) is 0 Å². The number of likely N-dealkylation sites (tertiary alicyclic amines) is 1. The highest BCUT2D eigenvalue weighted by Crippen LogP contribution is 2.46. The number of nitrogens with zero attached hydrogens (tertiary/aromatic N) is 1. The highest BCUT2D eigenvalue weighted by Gasteiger charge is 2.44. The summed E-state index contributed by atoms with van der Waals surface area (Å²) in [5.41, 5.74) is 0.986. The molecule has 1 amide bonds. The zero-order valence-corrected chi connectivity index (χ0v) is 15.3. The Kier molecular flexibility index (Phi) is 4.57. The van der Waals surface area contributed by atoms with Crippen molar-refractivity contribution in [3.05, 3.63) is 45.8 Å². The monoisotopic (exact) mass is 354 g/mol. The lowest BCUT2D eigenvalue weighted by atomic mass is 10.0. The normalized spacial score (nSPS) is 19.4. The molecule has 2 heterocycles. The van der Waals surface area contributed by atoms with Gasteiger partial charge in [-0.05, 0) is 57.3 Å². The first kappa shape index (κ1) is 17.3. The first-order valence-electron chi connectivity index (χ1n) is 9.61. The maximum Gasteiger partial charge on any atom is 0.349 e. The highest BCUT2D eigenvalue weighted by molar-refractivity contribution is 5.99. The number of amides is 1. The van der Waals surface area contributed by atoms with Crippen molar-refractivity contribution in [2.75, 3.05) is 26.2 Å². The van der Waals surface area contributed by atoms with E-state index in [0.29, 0.717) is 17.7 Å². The Hall–Kier alpha value is -2.14. The van der Waals surface area contributed by atoms with Gasteiger partial charge >= 0.3 is 5.63 Å². The van der Waals surface area contributed by atoms with Crippen LogP contribution in [-0.2, 0) is 0 Å². The van der Waals surface area contributed by atoms with Gasteiger partial charge in [0.05, 0.1) is 0 Å². The van der Waals surface area contributed by atoms with Crippen LogP contribution in [0.15, 0.2) is 33.5 Å². The molecule has 0 atom stereocenters. The van der Waals surface area contributed by atoms with Crippen LogP contribution in [-0.4, -0.2) is 37.0 Å². The van der Waals surface area contributed by atoms with Gasteiger partial charge in [-0.3, -0.25) is 4.79 Å². The number of hydrogen-bond donors (Lipinski definition) is 1. The predicted octanol–water partition coefficient (Wildman–Crippen LogP) is 3.10. The lowest BCUT2D eigenvalue weighted by Gasteiger charge is -2.30. The highest BCUT2D eigenvalue weighted by atomic mass is 16.4. The van der Waals surface area contributed by atoms with Gasteiger partial charge in [-0.1, -0.05) is 24.6 Å². The minimum Gasteiger partial charge on any atom is -0.422 e. The quantitative estimate of drug-likeness (QED) is 0.838. The third-order valence-electron chi connectivity index (χ3n) is 5.89. The molecular formula is C21H26N2O3. The fourth-order valence-electron chi connectivity index (χ4n) is 4.08. The molecule has 4 rings (SSSR count). The maximum absolute atomic E-state index is 12.7. The number of fused-ring (bicyclic) bond motifs is 1. The van der Waals surface area contributed by atoms with Gasteiger partial charge in [-0.15, -0.1) is 0 Å². The molecule has 1 aromatic heterocycles. The Morgan fingerprint density at radius 3 is 2.65 bits per heavy atom. The molecule has 0 unspecified atom stereocenters. The average molecular weight is 354 g/mol. The van der Waals surface area contributed by atoms with Crippen LogP contribution in [0.1, 0.15) is 48.0 Å². The third-order valence-corrected chi connectivity index (χ3v) is 5.89. The summed E-state index contributed by atoms with van der Waals surface area (Å²) in [4.78, 5) is 27.6. The van der Waals surface area contributed by atoms with Crippen molar-refractivity contribution < 1.29 is 9.21 Å². The van der Waals surface area contributed by atoms with E-state index in [4.69, 9.17) is 4.42 Å². The van der Waals surface area contributed by atoms with Crippen LogP contribution in [0.5, 0.6) is 0 Å². The smallest absolute Gasteiger partial charge is 0.349 e. The van der Waals surface area contributed by atoms with Gasteiger partial charge in [-0.2, -0.15) is 0 Å². The summed E-state index contributed by atoms with van der Waals surface area (Å²) in [5.74, 6) is -0.313. The fraction of sp³-hybridized carbons (Fsp3) is 0.524. The van der Waals surface area contributed by atoms with E-state index in [1.54, 1.807) is 6.07 Å². The Bertz CT molecular complexity index is 876. The topological polar surface area (TPSA) is 62.6 Å². The summed E-state index contributed by atoms with van der Waals surface area (Å²) in [5, 5.41) is 3.82. The van der Waals surface area contributed by atoms with Crippen molar-refractivity contribution in [2.45, 2.75) is 39.0 Å². The molecule has 0 bridgehead atoms. The second-order valence-corrected chi connectivity index (χ2v) is 7.91. The fourth-order valence-corrected chi connectivity index (χ4v) is 4.08. The molecule has 0 radical (unpaired) electrons. The van der Waals surface area contributed by atoms with E-state index in [1.807, 2.05) is 25.1 Å². The van der Waals surface area contributed by atoms with E-state index in [9.17, 15) is 9.59 Å². The Morgan fingerprint density at radius 1 is 1.19 bits per heavy atom. The van der Waals surface area contributed by atoms with Gasteiger partial charge < -0.3 is 14.6 Å². The molecule has 1 aromatic carbocycles. The van der Waals surface area contributed by atoms with E-state index in [2.05, 4.69) is 10.2 Å². The average Bonchev–Trinajstić information content (AvgIpc) is 3.40. The molecule has 138 valence electrons. The summed E-state index contributed by atoms with van der Waals surface area (Å²) in [6.07, 6.45) is 6.18. The number of nitrogens with one attached hydrogen (secondary N) is 1. The van der Waals surface area contributed by atoms with Crippen molar-refractivity contribution in [1.82, 2.24) is 10.2 Å². The van der Waals surface area contributed by atoms with Crippen LogP contribution in [0.2, 0.25) is 0 Å². The Balaban J connectivity index is 1.47. The number of carbonyl (C=O) groups excluding carboxylic acids is 1. The van der Waals surface area contributed by atoms with Crippen molar-refractivity contribution >= 4 is 16.9 Å². The molecule has 2 aromatic rings.